The van der Waals surface area contributed by atoms with Crippen LogP contribution < -0.4 is 15.4 Å². The fourth-order valence-electron chi connectivity index (χ4n) is 4.71. The number of para-hydroxylation sites is 1. The van der Waals surface area contributed by atoms with Crippen molar-refractivity contribution in [1.82, 2.24) is 20.4 Å². The minimum Gasteiger partial charge on any atom is -0.491 e. The second-order valence-electron chi connectivity index (χ2n) is 9.87. The molecule has 0 saturated carbocycles. The zero-order valence-corrected chi connectivity index (χ0v) is 21.6. The van der Waals surface area contributed by atoms with Crippen LogP contribution in [0.25, 0.3) is 0 Å². The Balaban J connectivity index is 1.93. The molecule has 3 rings (SSSR count). The van der Waals surface area contributed by atoms with Crippen molar-refractivity contribution in [3.63, 3.8) is 0 Å². The molecule has 2 aliphatic rings. The maximum absolute atomic E-state index is 13.6. The van der Waals surface area contributed by atoms with Crippen LogP contribution in [-0.4, -0.2) is 92.0 Å². The number of likely N-dealkylation sites (tertiary alicyclic amines) is 1. The van der Waals surface area contributed by atoms with Crippen molar-refractivity contribution in [2.24, 2.45) is 5.92 Å². The summed E-state index contributed by atoms with van der Waals surface area (Å²) in [5.41, 5.74) is 0.259. The molecule has 1 fully saturated rings. The van der Waals surface area contributed by atoms with E-state index in [0.717, 1.165) is 12.8 Å². The predicted octanol–water partition coefficient (Wildman–Crippen LogP) is 1.19. The topological polar surface area (TPSA) is 117 Å². The fourth-order valence-corrected chi connectivity index (χ4v) is 4.71. The third-order valence-corrected chi connectivity index (χ3v) is 6.54. The van der Waals surface area contributed by atoms with Crippen LogP contribution in [0.4, 0.5) is 0 Å². The van der Waals surface area contributed by atoms with Gasteiger partial charge in [-0.05, 0) is 37.3 Å². The fraction of sp³-hybridized carbons (Fsp3) is 0.615. The van der Waals surface area contributed by atoms with E-state index >= 15 is 0 Å². The first kappa shape index (κ1) is 27.4. The molecule has 2 N–H and O–H groups in total. The lowest BCUT2D eigenvalue weighted by atomic mass is 10.0. The van der Waals surface area contributed by atoms with Crippen LogP contribution in [0.2, 0.25) is 0 Å². The molecule has 1 aromatic carbocycles. The van der Waals surface area contributed by atoms with Gasteiger partial charge in [0, 0.05) is 20.7 Å². The van der Waals surface area contributed by atoms with Gasteiger partial charge in [-0.3, -0.25) is 19.2 Å². The van der Waals surface area contributed by atoms with Gasteiger partial charge in [0.05, 0.1) is 31.2 Å². The number of likely N-dealkylation sites (N-methyl/N-ethyl adjacent to an activating group) is 1. The average molecular weight is 503 g/mol. The second kappa shape index (κ2) is 12.7. The Morgan fingerprint density at radius 2 is 1.92 bits per heavy atom. The van der Waals surface area contributed by atoms with E-state index in [1.807, 2.05) is 13.8 Å². The first-order chi connectivity index (χ1) is 17.2. The minimum atomic E-state index is -1.10. The summed E-state index contributed by atoms with van der Waals surface area (Å²) in [7, 11) is 3.24. The monoisotopic (exact) mass is 502 g/mol. The van der Waals surface area contributed by atoms with E-state index in [-0.39, 0.29) is 48.9 Å². The van der Waals surface area contributed by atoms with Crippen molar-refractivity contribution < 1.29 is 28.7 Å². The summed E-state index contributed by atoms with van der Waals surface area (Å²) in [4.78, 5) is 56.3. The average Bonchev–Trinajstić information content (AvgIpc) is 3.30. The van der Waals surface area contributed by atoms with Gasteiger partial charge in [-0.25, -0.2) is 0 Å². The van der Waals surface area contributed by atoms with E-state index in [1.54, 1.807) is 43.3 Å². The summed E-state index contributed by atoms with van der Waals surface area (Å²) in [6.07, 6.45) is 1.78. The van der Waals surface area contributed by atoms with E-state index in [4.69, 9.17) is 9.47 Å². The lowest BCUT2D eigenvalue weighted by molar-refractivity contribution is -0.138. The molecule has 0 unspecified atom stereocenters. The van der Waals surface area contributed by atoms with Crippen molar-refractivity contribution in [2.45, 2.75) is 57.7 Å². The summed E-state index contributed by atoms with van der Waals surface area (Å²) in [5.74, 6) is -1.03. The number of benzene rings is 1. The minimum absolute atomic E-state index is 0.116. The third kappa shape index (κ3) is 6.96. The molecule has 1 aromatic rings. The van der Waals surface area contributed by atoms with Crippen LogP contribution in [-0.2, 0) is 19.1 Å². The summed E-state index contributed by atoms with van der Waals surface area (Å²) in [6, 6.07) is 4.78. The molecule has 0 radical (unpaired) electrons. The van der Waals surface area contributed by atoms with Gasteiger partial charge in [-0.2, -0.15) is 0 Å². The Labute approximate surface area is 212 Å². The number of methoxy groups -OCH3 is 1. The smallest absolute Gasteiger partial charge is 0.255 e. The van der Waals surface area contributed by atoms with Crippen LogP contribution in [0, 0.1) is 5.92 Å². The van der Waals surface area contributed by atoms with Crippen molar-refractivity contribution >= 4 is 23.6 Å². The summed E-state index contributed by atoms with van der Waals surface area (Å²) < 4.78 is 11.1. The van der Waals surface area contributed by atoms with Gasteiger partial charge in [-0.1, -0.05) is 26.0 Å². The molecule has 3 atom stereocenters. The Hall–Kier alpha value is -3.14. The molecule has 0 aliphatic carbocycles. The number of rotatable bonds is 5. The maximum atomic E-state index is 13.6. The molecular weight excluding hydrogens is 464 g/mol. The highest BCUT2D eigenvalue weighted by Crippen LogP contribution is 2.22. The van der Waals surface area contributed by atoms with E-state index in [1.165, 1.54) is 4.90 Å². The van der Waals surface area contributed by atoms with Crippen molar-refractivity contribution in [2.75, 3.05) is 40.5 Å². The number of hydrogen-bond acceptors (Lipinski definition) is 6. The van der Waals surface area contributed by atoms with E-state index < -0.39 is 23.9 Å². The highest BCUT2D eigenvalue weighted by Gasteiger charge is 2.36. The molecule has 198 valence electrons. The number of nitrogens with one attached hydrogen (secondary N) is 2. The maximum Gasteiger partial charge on any atom is 0.255 e. The number of hydrogen-bond donors (Lipinski definition) is 2. The summed E-state index contributed by atoms with van der Waals surface area (Å²) in [5, 5.41) is 5.58. The molecule has 4 amide bonds. The van der Waals surface area contributed by atoms with Crippen LogP contribution in [0.15, 0.2) is 24.3 Å². The number of nitrogens with zero attached hydrogens (tertiary/aromatic N) is 2. The van der Waals surface area contributed by atoms with Gasteiger partial charge in [0.2, 0.25) is 17.7 Å². The molecule has 1 saturated heterocycles. The zero-order chi connectivity index (χ0) is 26.2. The van der Waals surface area contributed by atoms with Crippen LogP contribution in [0.1, 0.15) is 49.9 Å². The number of carbonyl (C=O) groups excluding carboxylic acids is 4. The Kier molecular flexibility index (Phi) is 9.69. The molecule has 2 heterocycles. The Bertz CT molecular complexity index is 952. The molecule has 0 aromatic heterocycles. The number of amides is 4. The van der Waals surface area contributed by atoms with Crippen LogP contribution >= 0.6 is 0 Å². The van der Waals surface area contributed by atoms with Gasteiger partial charge in [-0.15, -0.1) is 0 Å². The van der Waals surface area contributed by atoms with Gasteiger partial charge in [0.15, 0.2) is 0 Å². The standard InChI is InChI=1S/C26H38N4O6/c1-17(2)14-20-25(33)29(3)12-13-36-22-10-6-5-9-19(22)24(32)28-21(15-23(31)27-20)26(34)30-11-7-8-18(30)16-35-4/h5-6,9-10,17-18,20-21H,7-8,11-16H2,1-4H3,(H,27,31)(H,28,32)/t18-,20-,21-/m0/s1. The van der Waals surface area contributed by atoms with Crippen molar-refractivity contribution in [1.29, 1.82) is 0 Å². The van der Waals surface area contributed by atoms with Crippen molar-refractivity contribution in [3.8, 4) is 5.75 Å². The van der Waals surface area contributed by atoms with Gasteiger partial charge >= 0.3 is 0 Å². The number of carbonyl (C=O) groups is 4. The number of ether oxygens (including phenoxy) is 2. The van der Waals surface area contributed by atoms with E-state index in [0.29, 0.717) is 25.3 Å². The SMILES string of the molecule is COC[C@@H]1CCCN1C(=O)[C@@H]1CC(=O)N[C@@H](CC(C)C)C(=O)N(C)CCOc2ccccc2C(=O)N1. The van der Waals surface area contributed by atoms with Crippen LogP contribution in [0.3, 0.4) is 0 Å². The first-order valence-corrected chi connectivity index (χ1v) is 12.6. The zero-order valence-electron chi connectivity index (χ0n) is 21.6. The molecule has 2 aliphatic heterocycles. The molecule has 0 spiro atoms. The molecule has 10 nitrogen and oxygen atoms in total. The van der Waals surface area contributed by atoms with Gasteiger partial charge < -0.3 is 29.9 Å². The molecule has 36 heavy (non-hydrogen) atoms. The predicted molar refractivity (Wildman–Crippen MR) is 133 cm³/mol. The van der Waals surface area contributed by atoms with E-state index in [9.17, 15) is 19.2 Å². The highest BCUT2D eigenvalue weighted by atomic mass is 16.5. The van der Waals surface area contributed by atoms with E-state index in [2.05, 4.69) is 10.6 Å². The lowest BCUT2D eigenvalue weighted by Crippen LogP contribution is -2.54. The Morgan fingerprint density at radius 3 is 2.64 bits per heavy atom. The third-order valence-electron chi connectivity index (χ3n) is 6.54. The van der Waals surface area contributed by atoms with Crippen LogP contribution in [0.5, 0.6) is 5.75 Å². The molecular formula is C26H38N4O6. The quantitative estimate of drug-likeness (QED) is 0.625. The normalized spacial score (nSPS) is 24.0. The summed E-state index contributed by atoms with van der Waals surface area (Å²) >= 11 is 0. The molecule has 10 heteroatoms. The highest BCUT2D eigenvalue weighted by molar-refractivity contribution is 6.01. The first-order valence-electron chi connectivity index (χ1n) is 12.6. The van der Waals surface area contributed by atoms with Gasteiger partial charge in [0.25, 0.3) is 5.91 Å². The lowest BCUT2D eigenvalue weighted by Gasteiger charge is -2.30. The van der Waals surface area contributed by atoms with Gasteiger partial charge in [0.1, 0.15) is 24.4 Å². The summed E-state index contributed by atoms with van der Waals surface area (Å²) in [6.45, 7) is 5.31. The largest absolute Gasteiger partial charge is 0.491 e. The second-order valence-corrected chi connectivity index (χ2v) is 9.87. The molecule has 0 bridgehead atoms. The Morgan fingerprint density at radius 1 is 1.17 bits per heavy atom. The van der Waals surface area contributed by atoms with Crippen molar-refractivity contribution in [3.05, 3.63) is 29.8 Å². The number of fused-ring (bicyclic) bond motifs is 1.